The van der Waals surface area contributed by atoms with Gasteiger partial charge >= 0.3 is 0 Å². The minimum absolute atomic E-state index is 0.803. The van der Waals surface area contributed by atoms with Crippen LogP contribution in [0.25, 0.3) is 11.1 Å². The molecule has 3 aromatic carbocycles. The summed E-state index contributed by atoms with van der Waals surface area (Å²) in [7, 11) is 0. The molecule has 0 saturated heterocycles. The van der Waals surface area contributed by atoms with Crippen LogP contribution in [-0.2, 0) is 5.75 Å². The van der Waals surface area contributed by atoms with Gasteiger partial charge in [-0.15, -0.1) is 23.5 Å². The summed E-state index contributed by atoms with van der Waals surface area (Å²) in [4.78, 5) is 2.68. The molecular weight excluding hydrogens is 428 g/mol. The first-order valence-electron chi connectivity index (χ1n) is 12.0. The molecule has 3 heteroatoms. The van der Waals surface area contributed by atoms with Crippen molar-refractivity contribution in [1.29, 1.82) is 0 Å². The Kier molecular flexibility index (Phi) is 11.1. The van der Waals surface area contributed by atoms with Crippen LogP contribution in [0.4, 0.5) is 0 Å². The van der Waals surface area contributed by atoms with Crippen molar-refractivity contribution in [2.75, 3.05) is 12.4 Å². The predicted octanol–water partition coefficient (Wildman–Crippen LogP) is 9.50. The normalized spacial score (nSPS) is 10.9. The number of unbranched alkanes of at least 4 members (excludes halogenated alkanes) is 4. The molecule has 0 spiro atoms. The number of ether oxygens (including phenoxy) is 1. The Hall–Kier alpha value is -1.84. The Morgan fingerprint density at radius 2 is 1.19 bits per heavy atom. The first-order chi connectivity index (χ1) is 15.8. The van der Waals surface area contributed by atoms with Gasteiger partial charge in [0.05, 0.1) is 6.61 Å². The first-order valence-corrected chi connectivity index (χ1v) is 13.9. The van der Waals surface area contributed by atoms with Crippen molar-refractivity contribution in [3.63, 3.8) is 0 Å². The lowest BCUT2D eigenvalue weighted by molar-refractivity contribution is 0.309. The van der Waals surface area contributed by atoms with Gasteiger partial charge in [0, 0.05) is 15.5 Å². The maximum atomic E-state index is 5.75. The third-order valence-electron chi connectivity index (χ3n) is 5.40. The van der Waals surface area contributed by atoms with Gasteiger partial charge in [0.2, 0.25) is 0 Å². The van der Waals surface area contributed by atoms with Crippen molar-refractivity contribution < 1.29 is 4.74 Å². The van der Waals surface area contributed by atoms with Crippen molar-refractivity contribution in [1.82, 2.24) is 0 Å². The molecule has 0 heterocycles. The molecule has 0 N–H and O–H groups in total. The van der Waals surface area contributed by atoms with Crippen LogP contribution in [0.5, 0.6) is 5.75 Å². The molecule has 0 bridgehead atoms. The minimum Gasteiger partial charge on any atom is -0.494 e. The van der Waals surface area contributed by atoms with Crippen LogP contribution in [0.3, 0.4) is 0 Å². The van der Waals surface area contributed by atoms with E-state index in [9.17, 15) is 0 Å². The SMILES string of the molecule is CCCCCCSc1ccc(-c2ccc(SCc3ccc(OCCCC)cc3)cc2)cc1. The van der Waals surface area contributed by atoms with Crippen LogP contribution in [0.15, 0.2) is 82.6 Å². The van der Waals surface area contributed by atoms with E-state index in [0.717, 1.165) is 31.0 Å². The molecule has 170 valence electrons. The molecule has 0 amide bonds. The minimum atomic E-state index is 0.803. The molecule has 0 aliphatic rings. The van der Waals surface area contributed by atoms with Gasteiger partial charge < -0.3 is 4.74 Å². The molecule has 3 aromatic rings. The molecule has 0 fully saturated rings. The van der Waals surface area contributed by atoms with E-state index in [1.54, 1.807) is 0 Å². The van der Waals surface area contributed by atoms with E-state index in [1.807, 2.05) is 23.5 Å². The molecule has 32 heavy (non-hydrogen) atoms. The number of thioether (sulfide) groups is 2. The van der Waals surface area contributed by atoms with Gasteiger partial charge in [-0.05, 0) is 71.7 Å². The maximum absolute atomic E-state index is 5.75. The monoisotopic (exact) mass is 464 g/mol. The van der Waals surface area contributed by atoms with Crippen LogP contribution in [0.2, 0.25) is 0 Å². The number of hydrogen-bond donors (Lipinski definition) is 0. The van der Waals surface area contributed by atoms with Crippen molar-refractivity contribution in [3.8, 4) is 16.9 Å². The molecule has 0 atom stereocenters. The Labute approximate surface area is 203 Å². The summed E-state index contributed by atoms with van der Waals surface area (Å²) in [5.74, 6) is 3.16. The maximum Gasteiger partial charge on any atom is 0.119 e. The molecule has 0 radical (unpaired) electrons. The van der Waals surface area contributed by atoms with Crippen molar-refractivity contribution in [3.05, 3.63) is 78.4 Å². The van der Waals surface area contributed by atoms with Crippen molar-refractivity contribution >= 4 is 23.5 Å². The second-order valence-electron chi connectivity index (χ2n) is 8.09. The smallest absolute Gasteiger partial charge is 0.119 e. The summed E-state index contributed by atoms with van der Waals surface area (Å²) in [5.41, 5.74) is 3.89. The van der Waals surface area contributed by atoms with E-state index in [2.05, 4.69) is 86.6 Å². The topological polar surface area (TPSA) is 9.23 Å². The van der Waals surface area contributed by atoms with Crippen LogP contribution in [0.1, 0.15) is 57.9 Å². The summed E-state index contributed by atoms with van der Waals surface area (Å²) < 4.78 is 5.75. The van der Waals surface area contributed by atoms with Gasteiger partial charge in [-0.25, -0.2) is 0 Å². The second-order valence-corrected chi connectivity index (χ2v) is 10.3. The summed E-state index contributed by atoms with van der Waals surface area (Å²) in [6.07, 6.45) is 7.60. The summed E-state index contributed by atoms with van der Waals surface area (Å²) in [6.45, 7) is 5.25. The lowest BCUT2D eigenvalue weighted by Crippen LogP contribution is -1.96. The fourth-order valence-corrected chi connectivity index (χ4v) is 5.16. The van der Waals surface area contributed by atoms with E-state index < -0.39 is 0 Å². The number of rotatable bonds is 14. The van der Waals surface area contributed by atoms with Crippen LogP contribution in [-0.4, -0.2) is 12.4 Å². The lowest BCUT2D eigenvalue weighted by atomic mass is 10.1. The molecule has 0 unspecified atom stereocenters. The first kappa shape index (κ1) is 24.8. The zero-order valence-corrected chi connectivity index (χ0v) is 21.1. The summed E-state index contributed by atoms with van der Waals surface area (Å²) in [6, 6.07) is 26.5. The van der Waals surface area contributed by atoms with Gasteiger partial charge in [-0.3, -0.25) is 0 Å². The average molecular weight is 465 g/mol. The van der Waals surface area contributed by atoms with Gasteiger partial charge in [-0.2, -0.15) is 0 Å². The van der Waals surface area contributed by atoms with E-state index in [-0.39, 0.29) is 0 Å². The third kappa shape index (κ3) is 8.60. The third-order valence-corrected chi connectivity index (χ3v) is 7.59. The molecular formula is C29H36OS2. The summed E-state index contributed by atoms with van der Waals surface area (Å²) in [5, 5.41) is 0. The highest BCUT2D eigenvalue weighted by atomic mass is 32.2. The Morgan fingerprint density at radius 3 is 1.78 bits per heavy atom. The van der Waals surface area contributed by atoms with Gasteiger partial charge in [0.1, 0.15) is 5.75 Å². The van der Waals surface area contributed by atoms with Gasteiger partial charge in [-0.1, -0.05) is 75.9 Å². The van der Waals surface area contributed by atoms with Crippen LogP contribution in [0, 0.1) is 0 Å². The second kappa shape index (κ2) is 14.3. The van der Waals surface area contributed by atoms with E-state index in [1.165, 1.54) is 57.9 Å². The standard InChI is InChI=1S/C29H36OS2/c1-3-5-7-8-22-31-28-17-11-25(12-18-28)26-13-19-29(20-14-26)32-23-24-9-15-27(16-10-24)30-21-6-4-2/h9-20H,3-8,21-23H2,1-2H3. The quantitative estimate of drug-likeness (QED) is 0.174. The largest absolute Gasteiger partial charge is 0.494 e. The van der Waals surface area contributed by atoms with E-state index in [4.69, 9.17) is 4.74 Å². The molecule has 0 aromatic heterocycles. The molecule has 3 rings (SSSR count). The van der Waals surface area contributed by atoms with E-state index in [0.29, 0.717) is 0 Å². The molecule has 1 nitrogen and oxygen atoms in total. The Morgan fingerprint density at radius 1 is 0.594 bits per heavy atom. The van der Waals surface area contributed by atoms with Crippen molar-refractivity contribution in [2.24, 2.45) is 0 Å². The fraction of sp³-hybridized carbons (Fsp3) is 0.379. The average Bonchev–Trinajstić information content (AvgIpc) is 2.84. The lowest BCUT2D eigenvalue weighted by Gasteiger charge is -2.08. The Bertz CT molecular complexity index is 886. The van der Waals surface area contributed by atoms with Crippen molar-refractivity contribution in [2.45, 2.75) is 67.9 Å². The zero-order valence-electron chi connectivity index (χ0n) is 19.5. The molecule has 0 saturated carbocycles. The highest BCUT2D eigenvalue weighted by molar-refractivity contribution is 7.99. The van der Waals surface area contributed by atoms with Gasteiger partial charge in [0.15, 0.2) is 0 Å². The van der Waals surface area contributed by atoms with E-state index >= 15 is 0 Å². The molecule has 0 aliphatic heterocycles. The predicted molar refractivity (Wildman–Crippen MR) is 143 cm³/mol. The van der Waals surface area contributed by atoms with Crippen LogP contribution < -0.4 is 4.74 Å². The molecule has 0 aliphatic carbocycles. The zero-order chi connectivity index (χ0) is 22.4. The fourth-order valence-electron chi connectivity index (χ4n) is 3.39. The number of hydrogen-bond acceptors (Lipinski definition) is 3. The highest BCUT2D eigenvalue weighted by Crippen LogP contribution is 2.29. The number of benzene rings is 3. The van der Waals surface area contributed by atoms with Crippen LogP contribution >= 0.6 is 23.5 Å². The summed E-state index contributed by atoms with van der Waals surface area (Å²) >= 11 is 3.85. The highest BCUT2D eigenvalue weighted by Gasteiger charge is 2.02. The van der Waals surface area contributed by atoms with Gasteiger partial charge in [0.25, 0.3) is 0 Å². The Balaban J connectivity index is 1.45.